The van der Waals surface area contributed by atoms with Gasteiger partial charge in [0, 0.05) is 33.9 Å². The van der Waals surface area contributed by atoms with Crippen molar-refractivity contribution in [3.8, 4) is 6.07 Å². The summed E-state index contributed by atoms with van der Waals surface area (Å²) in [4.78, 5) is 2.16. The lowest BCUT2D eigenvalue weighted by Gasteiger charge is -2.26. The minimum Gasteiger partial charge on any atom is -0.383 e. The average Bonchev–Trinajstić information content (AvgIpc) is 3.05. The van der Waals surface area contributed by atoms with E-state index < -0.39 is 0 Å². The molecular weight excluding hydrogens is 266 g/mol. The highest BCUT2D eigenvalue weighted by atomic mass is 16.5. The van der Waals surface area contributed by atoms with Gasteiger partial charge in [-0.05, 0) is 24.1 Å². The van der Waals surface area contributed by atoms with Crippen molar-refractivity contribution < 1.29 is 9.47 Å². The highest BCUT2D eigenvalue weighted by molar-refractivity contribution is 5.60. The van der Waals surface area contributed by atoms with Crippen LogP contribution >= 0.6 is 0 Å². The summed E-state index contributed by atoms with van der Waals surface area (Å²) in [5.74, 6) is 0. The summed E-state index contributed by atoms with van der Waals surface area (Å²) >= 11 is 0. The van der Waals surface area contributed by atoms with Gasteiger partial charge < -0.3 is 19.7 Å². The molecule has 5 nitrogen and oxygen atoms in total. The molecule has 114 valence electrons. The first kappa shape index (κ1) is 15.8. The molecular formula is C16H23N3O2. The molecule has 0 aliphatic carbocycles. The molecule has 0 bridgehead atoms. The van der Waals surface area contributed by atoms with Crippen molar-refractivity contribution in [3.63, 3.8) is 0 Å². The zero-order chi connectivity index (χ0) is 15.1. The molecule has 0 aromatic heterocycles. The number of ether oxygens (including phenoxy) is 2. The minimum absolute atomic E-state index is 0.364. The van der Waals surface area contributed by atoms with Crippen LogP contribution in [0.5, 0.6) is 0 Å². The SMILES string of the molecule is COCCNCc1ccc(N(C)C2CCOC2)c(C#N)c1. The van der Waals surface area contributed by atoms with Gasteiger partial charge in [-0.2, -0.15) is 5.26 Å². The lowest BCUT2D eigenvalue weighted by Crippen LogP contribution is -2.32. The molecule has 0 spiro atoms. The molecule has 1 atom stereocenters. The number of methoxy groups -OCH3 is 1. The van der Waals surface area contributed by atoms with Crippen LogP contribution in [-0.2, 0) is 16.0 Å². The van der Waals surface area contributed by atoms with Gasteiger partial charge in [0.05, 0.1) is 30.5 Å². The Morgan fingerprint density at radius 1 is 1.52 bits per heavy atom. The van der Waals surface area contributed by atoms with Gasteiger partial charge in [0.15, 0.2) is 0 Å². The zero-order valence-electron chi connectivity index (χ0n) is 12.8. The second-order valence-electron chi connectivity index (χ2n) is 5.26. The molecule has 1 aromatic rings. The molecule has 1 N–H and O–H groups in total. The van der Waals surface area contributed by atoms with Gasteiger partial charge in [-0.3, -0.25) is 0 Å². The maximum absolute atomic E-state index is 9.40. The van der Waals surface area contributed by atoms with Crippen molar-refractivity contribution in [2.24, 2.45) is 0 Å². The van der Waals surface area contributed by atoms with E-state index in [1.807, 2.05) is 19.2 Å². The van der Waals surface area contributed by atoms with E-state index in [9.17, 15) is 5.26 Å². The molecule has 1 saturated heterocycles. The molecule has 1 aliphatic rings. The number of rotatable bonds is 7. The number of likely N-dealkylation sites (N-methyl/N-ethyl adjacent to an activating group) is 1. The number of nitrogens with zero attached hydrogens (tertiary/aromatic N) is 2. The van der Waals surface area contributed by atoms with E-state index >= 15 is 0 Å². The Kier molecular flexibility index (Phi) is 6.00. The van der Waals surface area contributed by atoms with E-state index in [0.29, 0.717) is 12.6 Å². The lowest BCUT2D eigenvalue weighted by atomic mass is 10.1. The van der Waals surface area contributed by atoms with Crippen molar-refractivity contribution in [2.75, 3.05) is 45.4 Å². The van der Waals surface area contributed by atoms with Crippen molar-refractivity contribution in [1.29, 1.82) is 5.26 Å². The van der Waals surface area contributed by atoms with E-state index in [1.54, 1.807) is 7.11 Å². The highest BCUT2D eigenvalue weighted by Crippen LogP contribution is 2.25. The summed E-state index contributed by atoms with van der Waals surface area (Å²) < 4.78 is 10.4. The third-order valence-electron chi connectivity index (χ3n) is 3.83. The van der Waals surface area contributed by atoms with Crippen LogP contribution in [0.2, 0.25) is 0 Å². The maximum Gasteiger partial charge on any atom is 0.101 e. The lowest BCUT2D eigenvalue weighted by molar-refractivity contribution is 0.193. The van der Waals surface area contributed by atoms with Crippen LogP contribution in [0.3, 0.4) is 0 Å². The van der Waals surface area contributed by atoms with Crippen LogP contribution in [0, 0.1) is 11.3 Å². The second kappa shape index (κ2) is 7.99. The predicted molar refractivity (Wildman–Crippen MR) is 82.4 cm³/mol. The monoisotopic (exact) mass is 289 g/mol. The Labute approximate surface area is 126 Å². The summed E-state index contributed by atoms with van der Waals surface area (Å²) in [6.45, 7) is 3.78. The number of benzene rings is 1. The number of hydrogen-bond acceptors (Lipinski definition) is 5. The van der Waals surface area contributed by atoms with Crippen LogP contribution in [-0.4, -0.2) is 46.6 Å². The van der Waals surface area contributed by atoms with Crippen molar-refractivity contribution >= 4 is 5.69 Å². The van der Waals surface area contributed by atoms with Gasteiger partial charge in [-0.15, -0.1) is 0 Å². The molecule has 1 fully saturated rings. The maximum atomic E-state index is 9.40. The van der Waals surface area contributed by atoms with Gasteiger partial charge >= 0.3 is 0 Å². The van der Waals surface area contributed by atoms with Gasteiger partial charge in [-0.1, -0.05) is 6.07 Å². The van der Waals surface area contributed by atoms with Crippen molar-refractivity contribution in [1.82, 2.24) is 5.32 Å². The summed E-state index contributed by atoms with van der Waals surface area (Å²) in [5, 5.41) is 12.7. The van der Waals surface area contributed by atoms with E-state index in [1.165, 1.54) is 0 Å². The molecule has 1 aliphatic heterocycles. The number of anilines is 1. The van der Waals surface area contributed by atoms with Gasteiger partial charge in [0.2, 0.25) is 0 Å². The fraction of sp³-hybridized carbons (Fsp3) is 0.562. The average molecular weight is 289 g/mol. The topological polar surface area (TPSA) is 57.5 Å². The van der Waals surface area contributed by atoms with Crippen LogP contribution in [0.4, 0.5) is 5.69 Å². The van der Waals surface area contributed by atoms with Gasteiger partial charge in [0.25, 0.3) is 0 Å². The summed E-state index contributed by atoms with van der Waals surface area (Å²) in [5.41, 5.74) is 2.81. The van der Waals surface area contributed by atoms with Crippen LogP contribution in [0.25, 0.3) is 0 Å². The fourth-order valence-corrected chi connectivity index (χ4v) is 2.52. The third kappa shape index (κ3) is 4.18. The van der Waals surface area contributed by atoms with Crippen molar-refractivity contribution in [2.45, 2.75) is 19.0 Å². The molecule has 1 unspecified atom stereocenters. The van der Waals surface area contributed by atoms with E-state index in [4.69, 9.17) is 9.47 Å². The summed E-state index contributed by atoms with van der Waals surface area (Å²) in [6, 6.07) is 8.73. The molecule has 1 aromatic carbocycles. The highest BCUT2D eigenvalue weighted by Gasteiger charge is 2.22. The second-order valence-corrected chi connectivity index (χ2v) is 5.26. The minimum atomic E-state index is 0.364. The first-order valence-corrected chi connectivity index (χ1v) is 7.29. The Balaban J connectivity index is 2.04. The van der Waals surface area contributed by atoms with Crippen LogP contribution < -0.4 is 10.2 Å². The van der Waals surface area contributed by atoms with Crippen molar-refractivity contribution in [3.05, 3.63) is 29.3 Å². The quantitative estimate of drug-likeness (QED) is 0.771. The summed E-state index contributed by atoms with van der Waals surface area (Å²) in [7, 11) is 3.72. The molecule has 5 heteroatoms. The number of hydrogen-bond donors (Lipinski definition) is 1. The normalized spacial score (nSPS) is 17.7. The van der Waals surface area contributed by atoms with Gasteiger partial charge in [0.1, 0.15) is 6.07 Å². The molecule has 0 amide bonds. The molecule has 0 saturated carbocycles. The molecule has 0 radical (unpaired) electrons. The summed E-state index contributed by atoms with van der Waals surface area (Å²) in [6.07, 6.45) is 1.02. The van der Waals surface area contributed by atoms with Crippen LogP contribution in [0.1, 0.15) is 17.5 Å². The first-order valence-electron chi connectivity index (χ1n) is 7.29. The van der Waals surface area contributed by atoms with Crippen LogP contribution in [0.15, 0.2) is 18.2 Å². The Morgan fingerprint density at radius 3 is 3.05 bits per heavy atom. The number of nitrogens with one attached hydrogen (secondary N) is 1. The number of nitriles is 1. The predicted octanol–water partition coefficient (Wildman–Crippen LogP) is 1.52. The Morgan fingerprint density at radius 2 is 2.38 bits per heavy atom. The third-order valence-corrected chi connectivity index (χ3v) is 3.83. The fourth-order valence-electron chi connectivity index (χ4n) is 2.52. The Hall–Kier alpha value is -1.61. The Bertz CT molecular complexity index is 493. The first-order chi connectivity index (χ1) is 10.3. The van der Waals surface area contributed by atoms with E-state index in [0.717, 1.165) is 49.5 Å². The zero-order valence-corrected chi connectivity index (χ0v) is 12.8. The van der Waals surface area contributed by atoms with E-state index in [-0.39, 0.29) is 0 Å². The van der Waals surface area contributed by atoms with E-state index in [2.05, 4.69) is 22.4 Å². The largest absolute Gasteiger partial charge is 0.383 e. The standard InChI is InChI=1S/C16H23N3O2/c1-19(15-5-7-21-12-15)16-4-3-13(9-14(16)10-17)11-18-6-8-20-2/h3-4,9,15,18H,5-8,11-12H2,1-2H3. The molecule has 2 rings (SSSR count). The molecule has 21 heavy (non-hydrogen) atoms. The van der Waals surface area contributed by atoms with Gasteiger partial charge in [-0.25, -0.2) is 0 Å². The molecule has 1 heterocycles. The smallest absolute Gasteiger partial charge is 0.101 e.